The van der Waals surface area contributed by atoms with Crippen molar-refractivity contribution in [3.05, 3.63) is 90.2 Å². The number of hydrogen-bond donors (Lipinski definition) is 1. The van der Waals surface area contributed by atoms with Crippen molar-refractivity contribution in [1.29, 1.82) is 0 Å². The Balaban J connectivity index is 1.39. The molecule has 3 aromatic carbocycles. The van der Waals surface area contributed by atoms with Crippen molar-refractivity contribution in [3.63, 3.8) is 0 Å². The van der Waals surface area contributed by atoms with E-state index in [1.807, 2.05) is 30.3 Å². The molecule has 1 N–H and O–H groups in total. The fraction of sp³-hybridized carbons (Fsp3) is 0.400. The molecule has 0 radical (unpaired) electrons. The first-order chi connectivity index (χ1) is 18.3. The zero-order valence-electron chi connectivity index (χ0n) is 21.7. The molecule has 0 aromatic heterocycles. The molecule has 5 rings (SSSR count). The number of benzene rings is 3. The summed E-state index contributed by atoms with van der Waals surface area (Å²) < 4.78 is 48.2. The Morgan fingerprint density at radius 1 is 0.921 bits per heavy atom. The average molecular weight is 539 g/mol. The van der Waals surface area contributed by atoms with Crippen LogP contribution in [-0.4, -0.2) is 50.7 Å². The predicted molar refractivity (Wildman–Crippen MR) is 146 cm³/mol. The lowest BCUT2D eigenvalue weighted by atomic mass is 9.74. The monoisotopic (exact) mass is 538 g/mol. The van der Waals surface area contributed by atoms with Crippen LogP contribution in [0.1, 0.15) is 44.1 Å². The molecule has 3 aromatic rings. The number of sulfonamides is 1. The lowest BCUT2D eigenvalue weighted by Crippen LogP contribution is -2.57. The van der Waals surface area contributed by atoms with Gasteiger partial charge >= 0.3 is 0 Å². The van der Waals surface area contributed by atoms with Gasteiger partial charge in [0.05, 0.1) is 17.7 Å². The van der Waals surface area contributed by atoms with Gasteiger partial charge in [-0.25, -0.2) is 12.8 Å². The molecule has 0 unspecified atom stereocenters. The highest BCUT2D eigenvalue weighted by Gasteiger charge is 2.45. The van der Waals surface area contributed by atoms with Crippen LogP contribution in [0, 0.1) is 5.82 Å². The summed E-state index contributed by atoms with van der Waals surface area (Å²) in [5, 5.41) is 11.8. The summed E-state index contributed by atoms with van der Waals surface area (Å²) in [5.41, 5.74) is 0.341. The number of methoxy groups -OCH3 is 1. The van der Waals surface area contributed by atoms with Crippen LogP contribution in [0.4, 0.5) is 10.1 Å². The molecule has 2 atom stereocenters. The summed E-state index contributed by atoms with van der Waals surface area (Å²) in [7, 11) is -2.26. The van der Waals surface area contributed by atoms with E-state index < -0.39 is 15.6 Å². The smallest absolute Gasteiger partial charge is 0.264 e. The average Bonchev–Trinajstić information content (AvgIpc) is 2.95. The highest BCUT2D eigenvalue weighted by Crippen LogP contribution is 2.42. The maximum absolute atomic E-state index is 13.9. The Kier molecular flexibility index (Phi) is 7.75. The molecule has 6 nitrogen and oxygen atoms in total. The largest absolute Gasteiger partial charge is 0.497 e. The highest BCUT2D eigenvalue weighted by molar-refractivity contribution is 7.92. The van der Waals surface area contributed by atoms with E-state index in [1.165, 1.54) is 12.1 Å². The molecular formula is C30H35FN2O4S. The third-order valence-electron chi connectivity index (χ3n) is 8.08. The van der Waals surface area contributed by atoms with E-state index in [0.717, 1.165) is 24.8 Å². The van der Waals surface area contributed by atoms with Crippen LogP contribution < -0.4 is 9.04 Å². The van der Waals surface area contributed by atoms with E-state index in [1.54, 1.807) is 47.8 Å². The second-order valence-electron chi connectivity index (χ2n) is 10.3. The zero-order chi connectivity index (χ0) is 26.8. The van der Waals surface area contributed by atoms with Crippen molar-refractivity contribution in [2.45, 2.75) is 61.1 Å². The van der Waals surface area contributed by atoms with Crippen molar-refractivity contribution in [2.24, 2.45) is 0 Å². The van der Waals surface area contributed by atoms with Crippen molar-refractivity contribution in [3.8, 4) is 5.75 Å². The van der Waals surface area contributed by atoms with Crippen LogP contribution in [0.25, 0.3) is 0 Å². The number of para-hydroxylation sites is 1. The number of aliphatic hydroxyl groups is 1. The number of halogens is 1. The van der Waals surface area contributed by atoms with Gasteiger partial charge in [0.15, 0.2) is 0 Å². The summed E-state index contributed by atoms with van der Waals surface area (Å²) in [5.74, 6) is 0.286. The van der Waals surface area contributed by atoms with E-state index >= 15 is 0 Å². The van der Waals surface area contributed by atoms with E-state index in [4.69, 9.17) is 4.74 Å². The fourth-order valence-electron chi connectivity index (χ4n) is 6.11. The van der Waals surface area contributed by atoms with Crippen LogP contribution >= 0.6 is 0 Å². The Morgan fingerprint density at radius 3 is 2.21 bits per heavy atom. The first kappa shape index (κ1) is 26.7. The Labute approximate surface area is 224 Å². The molecule has 8 heteroatoms. The maximum atomic E-state index is 13.9. The molecule has 1 saturated carbocycles. The number of likely N-dealkylation sites (tertiary alicyclic amines) is 1. The van der Waals surface area contributed by atoms with Gasteiger partial charge < -0.3 is 9.84 Å². The second kappa shape index (κ2) is 11.0. The minimum absolute atomic E-state index is 0.0916. The van der Waals surface area contributed by atoms with Gasteiger partial charge in [-0.1, -0.05) is 43.2 Å². The lowest BCUT2D eigenvalue weighted by molar-refractivity contribution is -0.0849. The topological polar surface area (TPSA) is 70.1 Å². The molecule has 1 heterocycles. The summed E-state index contributed by atoms with van der Waals surface area (Å²) in [6.45, 7) is 1.33. The molecule has 202 valence electrons. The number of anilines is 1. The molecule has 1 aliphatic heterocycles. The molecule has 0 bridgehead atoms. The molecule has 38 heavy (non-hydrogen) atoms. The van der Waals surface area contributed by atoms with Crippen LogP contribution in [-0.2, 0) is 15.6 Å². The molecule has 1 aliphatic carbocycles. The zero-order valence-corrected chi connectivity index (χ0v) is 22.5. The van der Waals surface area contributed by atoms with Gasteiger partial charge in [-0.15, -0.1) is 0 Å². The third-order valence-corrected chi connectivity index (χ3v) is 9.97. The molecule has 2 aliphatic rings. The number of ether oxygens (including phenoxy) is 1. The van der Waals surface area contributed by atoms with Gasteiger partial charge in [-0.05, 0) is 79.8 Å². The molecular weight excluding hydrogens is 503 g/mol. The van der Waals surface area contributed by atoms with Crippen LogP contribution in [0.3, 0.4) is 0 Å². The molecule has 0 spiro atoms. The Bertz CT molecular complexity index is 1310. The SMILES string of the molecule is COc1ccc(S(=O)(=O)N(c2ccccc2)C2CCN([C@@H]3CCCC[C@]3(O)c3ccc(F)cc3)CC2)cc1. The Hall–Kier alpha value is -2.94. The van der Waals surface area contributed by atoms with Gasteiger partial charge in [0.2, 0.25) is 0 Å². The molecule has 1 saturated heterocycles. The van der Waals surface area contributed by atoms with Crippen LogP contribution in [0.5, 0.6) is 5.75 Å². The first-order valence-electron chi connectivity index (χ1n) is 13.3. The highest BCUT2D eigenvalue weighted by atomic mass is 32.2. The normalized spacial score (nSPS) is 23.2. The van der Waals surface area contributed by atoms with Crippen molar-refractivity contribution >= 4 is 15.7 Å². The van der Waals surface area contributed by atoms with E-state index in [0.29, 0.717) is 43.8 Å². The lowest BCUT2D eigenvalue weighted by Gasteiger charge is -2.49. The third kappa shape index (κ3) is 5.17. The number of rotatable bonds is 7. The fourth-order valence-corrected chi connectivity index (χ4v) is 7.82. The minimum atomic E-state index is -3.82. The summed E-state index contributed by atoms with van der Waals surface area (Å²) >= 11 is 0. The number of piperidine rings is 1. The van der Waals surface area contributed by atoms with E-state index in [-0.39, 0.29) is 22.8 Å². The number of hydrogen-bond acceptors (Lipinski definition) is 5. The van der Waals surface area contributed by atoms with E-state index in [9.17, 15) is 17.9 Å². The van der Waals surface area contributed by atoms with Crippen LogP contribution in [0.2, 0.25) is 0 Å². The van der Waals surface area contributed by atoms with Gasteiger partial charge in [-0.3, -0.25) is 9.21 Å². The van der Waals surface area contributed by atoms with Crippen LogP contribution in [0.15, 0.2) is 83.8 Å². The quantitative estimate of drug-likeness (QED) is 0.441. The van der Waals surface area contributed by atoms with Gasteiger partial charge in [0.25, 0.3) is 10.0 Å². The predicted octanol–water partition coefficient (Wildman–Crippen LogP) is 5.32. The van der Waals surface area contributed by atoms with Crippen molar-refractivity contribution < 1.29 is 22.7 Å². The Morgan fingerprint density at radius 2 is 1.58 bits per heavy atom. The standard InChI is InChI=1S/C30H35FN2O4S/c1-37-27-14-16-28(17-15-27)38(35,36)33(25-7-3-2-4-8-25)26-18-21-32(22-19-26)29-9-5-6-20-30(29,34)23-10-12-24(31)13-11-23/h2-4,7-8,10-17,26,29,34H,5-6,9,18-22H2,1H3/t29-,30+/m1/s1. The van der Waals surface area contributed by atoms with Gasteiger partial charge in [0.1, 0.15) is 17.2 Å². The van der Waals surface area contributed by atoms with Gasteiger partial charge in [0, 0.05) is 25.2 Å². The van der Waals surface area contributed by atoms with Gasteiger partial charge in [-0.2, -0.15) is 0 Å². The van der Waals surface area contributed by atoms with E-state index in [2.05, 4.69) is 4.90 Å². The number of nitrogens with zero attached hydrogens (tertiary/aromatic N) is 2. The second-order valence-corrected chi connectivity index (χ2v) is 12.1. The summed E-state index contributed by atoms with van der Waals surface area (Å²) in [6, 6.07) is 21.7. The first-order valence-corrected chi connectivity index (χ1v) is 14.7. The van der Waals surface area contributed by atoms with Crippen molar-refractivity contribution in [2.75, 3.05) is 24.5 Å². The summed E-state index contributed by atoms with van der Waals surface area (Å²) in [6.07, 6.45) is 4.70. The minimum Gasteiger partial charge on any atom is -0.497 e. The molecule has 2 fully saturated rings. The maximum Gasteiger partial charge on any atom is 0.264 e. The molecule has 0 amide bonds. The summed E-state index contributed by atoms with van der Waals surface area (Å²) in [4.78, 5) is 2.53. The van der Waals surface area contributed by atoms with Crippen molar-refractivity contribution in [1.82, 2.24) is 4.90 Å².